The van der Waals surface area contributed by atoms with Gasteiger partial charge in [0, 0.05) is 37.9 Å². The Morgan fingerprint density at radius 2 is 2.33 bits per heavy atom. The zero-order valence-electron chi connectivity index (χ0n) is 14.3. The number of amides is 1. The summed E-state index contributed by atoms with van der Waals surface area (Å²) in [6.07, 6.45) is 4.72. The van der Waals surface area contributed by atoms with Crippen molar-refractivity contribution < 1.29 is 4.79 Å². The number of nitrogens with one attached hydrogen (secondary N) is 2. The van der Waals surface area contributed by atoms with Crippen molar-refractivity contribution in [2.75, 3.05) is 19.6 Å². The Bertz CT molecular complexity index is 668. The van der Waals surface area contributed by atoms with E-state index in [2.05, 4.69) is 39.0 Å². The highest BCUT2D eigenvalue weighted by Gasteiger charge is 2.23. The molecule has 0 saturated carbocycles. The second-order valence-corrected chi connectivity index (χ2v) is 6.74. The molecule has 1 aliphatic heterocycles. The standard InChI is InChI=1S/C18H25N5O/c1-13(2)17-20-8-5-15(22-17)12-23-9-6-14(11-23)10-21-18(24)16-4-3-7-19-16/h3-5,7-8,13-14,19H,6,9-12H2,1-2H3,(H,21,24). The van der Waals surface area contributed by atoms with Crippen LogP contribution < -0.4 is 5.32 Å². The summed E-state index contributed by atoms with van der Waals surface area (Å²) < 4.78 is 0. The van der Waals surface area contributed by atoms with Crippen LogP contribution in [0.15, 0.2) is 30.6 Å². The Hall–Kier alpha value is -2.21. The second-order valence-electron chi connectivity index (χ2n) is 6.74. The predicted molar refractivity (Wildman–Crippen MR) is 92.6 cm³/mol. The first-order valence-corrected chi connectivity index (χ1v) is 8.57. The molecular formula is C18H25N5O. The molecule has 1 aliphatic rings. The van der Waals surface area contributed by atoms with Crippen LogP contribution in [0.5, 0.6) is 0 Å². The van der Waals surface area contributed by atoms with Crippen molar-refractivity contribution in [3.8, 4) is 0 Å². The van der Waals surface area contributed by atoms with Crippen LogP contribution in [-0.2, 0) is 6.54 Å². The van der Waals surface area contributed by atoms with E-state index in [4.69, 9.17) is 0 Å². The Kier molecular flexibility index (Phi) is 5.25. The molecule has 0 aliphatic carbocycles. The summed E-state index contributed by atoms with van der Waals surface area (Å²) in [5, 5.41) is 3.01. The maximum Gasteiger partial charge on any atom is 0.267 e. The molecule has 0 bridgehead atoms. The van der Waals surface area contributed by atoms with Crippen molar-refractivity contribution in [3.05, 3.63) is 47.8 Å². The van der Waals surface area contributed by atoms with Crippen molar-refractivity contribution in [1.29, 1.82) is 0 Å². The van der Waals surface area contributed by atoms with E-state index >= 15 is 0 Å². The molecule has 3 rings (SSSR count). The topological polar surface area (TPSA) is 73.9 Å². The lowest BCUT2D eigenvalue weighted by atomic mass is 10.1. The quantitative estimate of drug-likeness (QED) is 0.853. The molecule has 2 aromatic heterocycles. The summed E-state index contributed by atoms with van der Waals surface area (Å²) in [7, 11) is 0. The van der Waals surface area contributed by atoms with Gasteiger partial charge >= 0.3 is 0 Å². The Morgan fingerprint density at radius 1 is 1.46 bits per heavy atom. The number of hydrogen-bond acceptors (Lipinski definition) is 4. The molecule has 0 radical (unpaired) electrons. The fourth-order valence-electron chi connectivity index (χ4n) is 3.04. The summed E-state index contributed by atoms with van der Waals surface area (Å²) in [6.45, 7) is 7.82. The van der Waals surface area contributed by atoms with Crippen molar-refractivity contribution in [2.24, 2.45) is 5.92 Å². The summed E-state index contributed by atoms with van der Waals surface area (Å²) in [5.74, 6) is 1.71. The van der Waals surface area contributed by atoms with Gasteiger partial charge in [-0.1, -0.05) is 13.8 Å². The zero-order chi connectivity index (χ0) is 16.9. The third-order valence-corrected chi connectivity index (χ3v) is 4.40. The lowest BCUT2D eigenvalue weighted by Crippen LogP contribution is -2.31. The molecule has 1 unspecified atom stereocenters. The van der Waals surface area contributed by atoms with Crippen LogP contribution in [-0.4, -0.2) is 45.4 Å². The second kappa shape index (κ2) is 7.57. The third kappa shape index (κ3) is 4.20. The van der Waals surface area contributed by atoms with E-state index in [9.17, 15) is 4.79 Å². The molecule has 2 aromatic rings. The normalized spacial score (nSPS) is 18.2. The summed E-state index contributed by atoms with van der Waals surface area (Å²) in [4.78, 5) is 26.3. The monoisotopic (exact) mass is 327 g/mol. The van der Waals surface area contributed by atoms with Gasteiger partial charge in [0.1, 0.15) is 11.5 Å². The molecule has 0 spiro atoms. The van der Waals surface area contributed by atoms with Crippen molar-refractivity contribution >= 4 is 5.91 Å². The average molecular weight is 327 g/mol. The lowest BCUT2D eigenvalue weighted by Gasteiger charge is -2.16. The molecular weight excluding hydrogens is 302 g/mol. The fourth-order valence-corrected chi connectivity index (χ4v) is 3.04. The molecule has 1 atom stereocenters. The fraction of sp³-hybridized carbons (Fsp3) is 0.500. The number of H-pyrrole nitrogens is 1. The number of hydrogen-bond donors (Lipinski definition) is 2. The minimum atomic E-state index is -0.0316. The van der Waals surface area contributed by atoms with E-state index in [0.29, 0.717) is 17.5 Å². The van der Waals surface area contributed by atoms with E-state index < -0.39 is 0 Å². The van der Waals surface area contributed by atoms with Gasteiger partial charge in [-0.2, -0.15) is 0 Å². The molecule has 1 fully saturated rings. The predicted octanol–water partition coefficient (Wildman–Crippen LogP) is 2.18. The van der Waals surface area contributed by atoms with Gasteiger partial charge in [-0.15, -0.1) is 0 Å². The zero-order valence-corrected chi connectivity index (χ0v) is 14.3. The molecule has 1 amide bonds. The number of rotatable bonds is 6. The average Bonchev–Trinajstić information content (AvgIpc) is 3.25. The SMILES string of the molecule is CC(C)c1nccc(CN2CCC(CNC(=O)c3ccc[nH]3)C2)n1. The largest absolute Gasteiger partial charge is 0.357 e. The first kappa shape index (κ1) is 16.6. The van der Waals surface area contributed by atoms with Gasteiger partial charge in [-0.25, -0.2) is 9.97 Å². The first-order valence-electron chi connectivity index (χ1n) is 8.57. The number of likely N-dealkylation sites (tertiary alicyclic amines) is 1. The first-order chi connectivity index (χ1) is 11.6. The third-order valence-electron chi connectivity index (χ3n) is 4.40. The van der Waals surface area contributed by atoms with Crippen molar-refractivity contribution in [3.63, 3.8) is 0 Å². The number of aromatic nitrogens is 3. The number of nitrogens with zero attached hydrogens (tertiary/aromatic N) is 3. The highest BCUT2D eigenvalue weighted by Crippen LogP contribution is 2.18. The lowest BCUT2D eigenvalue weighted by molar-refractivity contribution is 0.0943. The highest BCUT2D eigenvalue weighted by atomic mass is 16.1. The number of carbonyl (C=O) groups excluding carboxylic acids is 1. The highest BCUT2D eigenvalue weighted by molar-refractivity contribution is 5.92. The summed E-state index contributed by atoms with van der Waals surface area (Å²) in [5.41, 5.74) is 1.69. The number of carbonyl (C=O) groups is 1. The smallest absolute Gasteiger partial charge is 0.267 e. The van der Waals surface area contributed by atoms with Crippen LogP contribution in [0.4, 0.5) is 0 Å². The van der Waals surface area contributed by atoms with Crippen LogP contribution >= 0.6 is 0 Å². The van der Waals surface area contributed by atoms with E-state index in [-0.39, 0.29) is 5.91 Å². The van der Waals surface area contributed by atoms with E-state index in [0.717, 1.165) is 44.1 Å². The van der Waals surface area contributed by atoms with Gasteiger partial charge in [0.25, 0.3) is 5.91 Å². The van der Waals surface area contributed by atoms with Gasteiger partial charge < -0.3 is 10.3 Å². The van der Waals surface area contributed by atoms with Gasteiger partial charge in [0.2, 0.25) is 0 Å². The molecule has 24 heavy (non-hydrogen) atoms. The minimum Gasteiger partial charge on any atom is -0.357 e. The maximum atomic E-state index is 12.0. The van der Waals surface area contributed by atoms with Crippen molar-refractivity contribution in [2.45, 2.75) is 32.7 Å². The summed E-state index contributed by atoms with van der Waals surface area (Å²) >= 11 is 0. The van der Waals surface area contributed by atoms with Crippen LogP contribution in [0.25, 0.3) is 0 Å². The van der Waals surface area contributed by atoms with E-state index in [1.165, 1.54) is 0 Å². The molecule has 2 N–H and O–H groups in total. The van der Waals surface area contributed by atoms with Gasteiger partial charge in [-0.3, -0.25) is 9.69 Å². The molecule has 0 aromatic carbocycles. The molecule has 6 heteroatoms. The van der Waals surface area contributed by atoms with Gasteiger partial charge in [-0.05, 0) is 37.1 Å². The van der Waals surface area contributed by atoms with E-state index in [1.54, 1.807) is 12.3 Å². The van der Waals surface area contributed by atoms with Gasteiger partial charge in [0.15, 0.2) is 0 Å². The summed E-state index contributed by atoms with van der Waals surface area (Å²) in [6, 6.07) is 5.61. The Balaban J connectivity index is 1.47. The molecule has 1 saturated heterocycles. The Morgan fingerprint density at radius 3 is 3.08 bits per heavy atom. The Labute approximate surface area is 142 Å². The minimum absolute atomic E-state index is 0.0316. The van der Waals surface area contributed by atoms with Crippen LogP contribution in [0, 0.1) is 5.92 Å². The number of aromatic amines is 1. The molecule has 128 valence electrons. The van der Waals surface area contributed by atoms with Gasteiger partial charge in [0.05, 0.1) is 5.69 Å². The maximum absolute atomic E-state index is 12.0. The molecule has 3 heterocycles. The van der Waals surface area contributed by atoms with Crippen LogP contribution in [0.2, 0.25) is 0 Å². The van der Waals surface area contributed by atoms with Crippen LogP contribution in [0.3, 0.4) is 0 Å². The van der Waals surface area contributed by atoms with E-state index in [1.807, 2.05) is 18.3 Å². The molecule has 6 nitrogen and oxygen atoms in total. The van der Waals surface area contributed by atoms with Crippen molar-refractivity contribution in [1.82, 2.24) is 25.2 Å². The van der Waals surface area contributed by atoms with Crippen LogP contribution in [0.1, 0.15) is 48.2 Å².